The van der Waals surface area contributed by atoms with Crippen LogP contribution in [0.1, 0.15) is 26.2 Å². The summed E-state index contributed by atoms with van der Waals surface area (Å²) in [4.78, 5) is 14.0. The molecular weight excluding hydrogens is 274 g/mol. The molecule has 0 amide bonds. The van der Waals surface area contributed by atoms with Gasteiger partial charge in [0.15, 0.2) is 5.78 Å². The second-order valence-electron chi connectivity index (χ2n) is 5.04. The average Bonchev–Trinajstić information content (AvgIpc) is 2.46. The van der Waals surface area contributed by atoms with Crippen molar-refractivity contribution in [3.63, 3.8) is 0 Å². The summed E-state index contributed by atoms with van der Waals surface area (Å²) >= 11 is 6.05. The lowest BCUT2D eigenvalue weighted by atomic mass is 10.1. The van der Waals surface area contributed by atoms with E-state index in [4.69, 9.17) is 11.6 Å². The number of anilines is 1. The molecule has 1 fully saturated rings. The molecule has 0 unspecified atom stereocenters. The number of ketones is 1. The maximum Gasteiger partial charge on any atom is 0.177 e. The van der Waals surface area contributed by atoms with Crippen molar-refractivity contribution in [1.82, 2.24) is 4.90 Å². The van der Waals surface area contributed by atoms with Gasteiger partial charge in [0.1, 0.15) is 5.71 Å². The minimum absolute atomic E-state index is 0.00451. The Morgan fingerprint density at radius 3 is 2.65 bits per heavy atom. The molecule has 108 valence electrons. The van der Waals surface area contributed by atoms with Gasteiger partial charge in [0.25, 0.3) is 0 Å². The Morgan fingerprint density at radius 2 is 2.00 bits per heavy atom. The molecule has 1 N–H and O–H groups in total. The van der Waals surface area contributed by atoms with Gasteiger partial charge in [-0.2, -0.15) is 5.10 Å². The second kappa shape index (κ2) is 7.41. The quantitative estimate of drug-likeness (QED) is 0.670. The number of carbonyl (C=O) groups is 1. The van der Waals surface area contributed by atoms with Crippen molar-refractivity contribution in [3.05, 3.63) is 29.3 Å². The Morgan fingerprint density at radius 1 is 1.30 bits per heavy atom. The summed E-state index contributed by atoms with van der Waals surface area (Å²) in [5.74, 6) is -0.00451. The monoisotopic (exact) mass is 293 g/mol. The van der Waals surface area contributed by atoms with Crippen molar-refractivity contribution in [2.75, 3.05) is 25.1 Å². The summed E-state index contributed by atoms with van der Waals surface area (Å²) < 4.78 is 0. The highest BCUT2D eigenvalue weighted by atomic mass is 35.5. The third-order valence-corrected chi connectivity index (χ3v) is 3.74. The van der Waals surface area contributed by atoms with E-state index in [1.807, 2.05) is 18.2 Å². The van der Waals surface area contributed by atoms with Gasteiger partial charge in [-0.05, 0) is 38.1 Å². The van der Waals surface area contributed by atoms with Crippen LogP contribution in [0.4, 0.5) is 5.69 Å². The number of hydrogen-bond donors (Lipinski definition) is 1. The molecule has 1 aliphatic rings. The van der Waals surface area contributed by atoms with E-state index in [9.17, 15) is 4.79 Å². The third kappa shape index (κ3) is 4.32. The van der Waals surface area contributed by atoms with E-state index in [2.05, 4.69) is 15.4 Å². The molecule has 0 spiro atoms. The molecule has 1 saturated heterocycles. The van der Waals surface area contributed by atoms with Gasteiger partial charge < -0.3 is 0 Å². The highest BCUT2D eigenvalue weighted by molar-refractivity contribution is 6.40. The van der Waals surface area contributed by atoms with Crippen molar-refractivity contribution in [2.24, 2.45) is 5.10 Å². The molecule has 0 aliphatic carbocycles. The Bertz CT molecular complexity index is 496. The highest BCUT2D eigenvalue weighted by Gasteiger charge is 2.15. The molecule has 2 rings (SSSR count). The zero-order valence-corrected chi connectivity index (χ0v) is 12.5. The first kappa shape index (κ1) is 15.0. The van der Waals surface area contributed by atoms with Gasteiger partial charge >= 0.3 is 0 Å². The van der Waals surface area contributed by atoms with Gasteiger partial charge in [-0.25, -0.2) is 0 Å². The van der Waals surface area contributed by atoms with Gasteiger partial charge in [0, 0.05) is 13.5 Å². The molecule has 4 nitrogen and oxygen atoms in total. The number of rotatable bonds is 5. The third-order valence-electron chi connectivity index (χ3n) is 3.41. The van der Waals surface area contributed by atoms with E-state index in [1.54, 1.807) is 13.0 Å². The van der Waals surface area contributed by atoms with Crippen molar-refractivity contribution in [1.29, 1.82) is 0 Å². The Balaban J connectivity index is 2.02. The van der Waals surface area contributed by atoms with Crippen LogP contribution < -0.4 is 5.43 Å². The van der Waals surface area contributed by atoms with Crippen LogP contribution >= 0.6 is 11.6 Å². The number of carbonyl (C=O) groups excluding carboxylic acids is 1. The number of nitrogens with one attached hydrogen (secondary N) is 1. The maximum atomic E-state index is 11.7. The van der Waals surface area contributed by atoms with Crippen LogP contribution in [0.5, 0.6) is 0 Å². The van der Waals surface area contributed by atoms with Crippen LogP contribution in [-0.4, -0.2) is 36.0 Å². The molecule has 1 aliphatic heterocycles. The van der Waals surface area contributed by atoms with E-state index >= 15 is 0 Å². The summed E-state index contributed by atoms with van der Waals surface area (Å²) in [6, 6.07) is 7.36. The van der Waals surface area contributed by atoms with E-state index in [1.165, 1.54) is 19.3 Å². The Hall–Kier alpha value is -1.39. The SMILES string of the molecule is CC(=O)C(CN1CCCCC1)=NNc1ccccc1Cl. The number of piperidine rings is 1. The number of Topliss-reactive ketones (excluding diaryl/α,β-unsaturated/α-hetero) is 1. The van der Waals surface area contributed by atoms with E-state index in [-0.39, 0.29) is 5.78 Å². The standard InChI is InChI=1S/C15H20ClN3O/c1-12(20)15(11-19-9-5-2-6-10-19)18-17-14-8-4-3-7-13(14)16/h3-4,7-8,17H,2,5-6,9-11H2,1H3. The summed E-state index contributed by atoms with van der Waals surface area (Å²) in [5, 5.41) is 4.83. The fraction of sp³-hybridized carbons (Fsp3) is 0.467. The lowest BCUT2D eigenvalue weighted by molar-refractivity contribution is -0.111. The van der Waals surface area contributed by atoms with Gasteiger partial charge in [0.2, 0.25) is 0 Å². The van der Waals surface area contributed by atoms with E-state index in [0.29, 0.717) is 23.0 Å². The van der Waals surface area contributed by atoms with Crippen LogP contribution in [0.25, 0.3) is 0 Å². The summed E-state index contributed by atoms with van der Waals surface area (Å²) in [6.07, 6.45) is 3.67. The first-order chi connectivity index (χ1) is 9.66. The molecule has 0 radical (unpaired) electrons. The number of benzene rings is 1. The minimum Gasteiger partial charge on any atom is -0.297 e. The zero-order chi connectivity index (χ0) is 14.4. The molecule has 1 aromatic rings. The average molecular weight is 294 g/mol. The first-order valence-corrected chi connectivity index (χ1v) is 7.35. The molecule has 0 saturated carbocycles. The molecule has 5 heteroatoms. The van der Waals surface area contributed by atoms with Crippen LogP contribution in [-0.2, 0) is 4.79 Å². The van der Waals surface area contributed by atoms with Gasteiger partial charge in [-0.15, -0.1) is 0 Å². The number of hydrogen-bond acceptors (Lipinski definition) is 4. The van der Waals surface area contributed by atoms with E-state index in [0.717, 1.165) is 13.1 Å². The van der Waals surface area contributed by atoms with Crippen LogP contribution in [0, 0.1) is 0 Å². The predicted octanol–water partition coefficient (Wildman–Crippen LogP) is 3.18. The number of hydrazone groups is 1. The van der Waals surface area contributed by atoms with E-state index < -0.39 is 0 Å². The first-order valence-electron chi connectivity index (χ1n) is 6.97. The van der Waals surface area contributed by atoms with Crippen LogP contribution in [0.2, 0.25) is 5.02 Å². The molecule has 0 bridgehead atoms. The number of para-hydroxylation sites is 1. The lowest BCUT2D eigenvalue weighted by Gasteiger charge is -2.26. The Labute approximate surface area is 124 Å². The lowest BCUT2D eigenvalue weighted by Crippen LogP contribution is -2.37. The molecule has 1 heterocycles. The fourth-order valence-corrected chi connectivity index (χ4v) is 2.41. The molecule has 0 atom stereocenters. The van der Waals surface area contributed by atoms with Crippen LogP contribution in [0.15, 0.2) is 29.4 Å². The van der Waals surface area contributed by atoms with Gasteiger partial charge in [-0.3, -0.25) is 15.1 Å². The molecule has 1 aromatic carbocycles. The summed E-state index contributed by atoms with van der Waals surface area (Å²) in [5.41, 5.74) is 4.15. The second-order valence-corrected chi connectivity index (χ2v) is 5.45. The highest BCUT2D eigenvalue weighted by Crippen LogP contribution is 2.20. The summed E-state index contributed by atoms with van der Waals surface area (Å²) in [7, 11) is 0. The Kier molecular flexibility index (Phi) is 5.56. The smallest absolute Gasteiger partial charge is 0.177 e. The number of nitrogens with zero attached hydrogens (tertiary/aromatic N) is 2. The predicted molar refractivity (Wildman–Crippen MR) is 83.5 cm³/mol. The normalized spacial score (nSPS) is 17.0. The van der Waals surface area contributed by atoms with Crippen molar-refractivity contribution in [3.8, 4) is 0 Å². The number of likely N-dealkylation sites (tertiary alicyclic amines) is 1. The van der Waals surface area contributed by atoms with Crippen molar-refractivity contribution in [2.45, 2.75) is 26.2 Å². The van der Waals surface area contributed by atoms with Gasteiger partial charge in [0.05, 0.1) is 10.7 Å². The fourth-order valence-electron chi connectivity index (χ4n) is 2.23. The summed E-state index contributed by atoms with van der Waals surface area (Å²) in [6.45, 7) is 4.24. The topological polar surface area (TPSA) is 44.7 Å². The maximum absolute atomic E-state index is 11.7. The zero-order valence-electron chi connectivity index (χ0n) is 11.7. The molecular formula is C15H20ClN3O. The molecule has 0 aromatic heterocycles. The number of halogens is 1. The van der Waals surface area contributed by atoms with Gasteiger partial charge in [-0.1, -0.05) is 30.2 Å². The van der Waals surface area contributed by atoms with Crippen molar-refractivity contribution < 1.29 is 4.79 Å². The molecule has 20 heavy (non-hydrogen) atoms. The minimum atomic E-state index is -0.00451. The largest absolute Gasteiger partial charge is 0.297 e. The van der Waals surface area contributed by atoms with Crippen molar-refractivity contribution >= 4 is 28.8 Å². The van der Waals surface area contributed by atoms with Crippen LogP contribution in [0.3, 0.4) is 0 Å².